The Kier molecular flexibility index (Phi) is 6.22. The Morgan fingerprint density at radius 3 is 2.56 bits per heavy atom. The van der Waals surface area contributed by atoms with Crippen molar-refractivity contribution < 1.29 is 4.79 Å². The maximum absolute atomic E-state index is 13.0. The highest BCUT2D eigenvalue weighted by Gasteiger charge is 2.22. The number of carbonyl (C=O) groups is 1. The van der Waals surface area contributed by atoms with Crippen LogP contribution in [0.4, 0.5) is 0 Å². The molecule has 1 atom stereocenters. The minimum Gasteiger partial charge on any atom is -0.336 e. The molecule has 1 unspecified atom stereocenters. The molecule has 27 heavy (non-hydrogen) atoms. The maximum atomic E-state index is 13.0. The molecule has 1 aromatic carbocycles. The number of carbonyl (C=O) groups excluding carboxylic acids is 1. The van der Waals surface area contributed by atoms with Crippen LogP contribution in [-0.2, 0) is 18.4 Å². The molecular weight excluding hydrogens is 372 g/mol. The fourth-order valence-corrected chi connectivity index (χ4v) is 5.12. The van der Waals surface area contributed by atoms with Crippen LogP contribution in [0.25, 0.3) is 0 Å². The largest absolute Gasteiger partial charge is 0.336 e. The summed E-state index contributed by atoms with van der Waals surface area (Å²) in [5.41, 5.74) is 3.73. The van der Waals surface area contributed by atoms with E-state index in [1.54, 1.807) is 17.5 Å². The van der Waals surface area contributed by atoms with E-state index in [1.165, 1.54) is 22.9 Å². The van der Waals surface area contributed by atoms with Crippen LogP contribution in [0.15, 0.2) is 54.4 Å². The van der Waals surface area contributed by atoms with E-state index in [-0.39, 0.29) is 15.8 Å². The zero-order valence-electron chi connectivity index (χ0n) is 16.3. The Morgan fingerprint density at radius 2 is 1.96 bits per heavy atom. The van der Waals surface area contributed by atoms with E-state index in [9.17, 15) is 4.79 Å². The lowest BCUT2D eigenvalue weighted by Gasteiger charge is -2.21. The monoisotopic (exact) mass is 398 g/mol. The van der Waals surface area contributed by atoms with Gasteiger partial charge in [0.2, 0.25) is 5.12 Å². The summed E-state index contributed by atoms with van der Waals surface area (Å²) in [5, 5.41) is 2.22. The third-order valence-corrected chi connectivity index (χ3v) is 6.86. The van der Waals surface area contributed by atoms with Gasteiger partial charge in [0, 0.05) is 18.9 Å². The summed E-state index contributed by atoms with van der Waals surface area (Å²) >= 11 is 2.96. The first-order valence-electron chi connectivity index (χ1n) is 9.22. The number of imidazole rings is 1. The van der Waals surface area contributed by atoms with Crippen LogP contribution in [0, 0.1) is 0 Å². The van der Waals surface area contributed by atoms with E-state index in [2.05, 4.69) is 63.0 Å². The number of aromatic nitrogens is 2. The van der Waals surface area contributed by atoms with Crippen LogP contribution in [0.5, 0.6) is 0 Å². The van der Waals surface area contributed by atoms with Crippen molar-refractivity contribution in [3.05, 3.63) is 76.0 Å². The SMILES string of the molecule is CCc1ccsc1C(=O)SC(Cn1ccnc1)c1ccc(C(C)(C)C)cc1. The Morgan fingerprint density at radius 1 is 1.22 bits per heavy atom. The van der Waals surface area contributed by atoms with Crippen molar-refractivity contribution in [3.63, 3.8) is 0 Å². The summed E-state index contributed by atoms with van der Waals surface area (Å²) in [5.74, 6) is 0. The molecule has 0 aliphatic rings. The van der Waals surface area contributed by atoms with Gasteiger partial charge in [0.1, 0.15) is 0 Å². The van der Waals surface area contributed by atoms with Gasteiger partial charge in [0.15, 0.2) is 0 Å². The van der Waals surface area contributed by atoms with Gasteiger partial charge in [0.25, 0.3) is 0 Å². The first-order valence-corrected chi connectivity index (χ1v) is 11.0. The van der Waals surface area contributed by atoms with Crippen molar-refractivity contribution in [1.29, 1.82) is 0 Å². The Bertz CT molecular complexity index is 874. The van der Waals surface area contributed by atoms with Crippen molar-refractivity contribution in [2.24, 2.45) is 0 Å². The number of rotatable bonds is 6. The quantitative estimate of drug-likeness (QED) is 0.502. The molecule has 0 amide bonds. The third-order valence-electron chi connectivity index (χ3n) is 4.65. The predicted molar refractivity (Wildman–Crippen MR) is 116 cm³/mol. The van der Waals surface area contributed by atoms with Gasteiger partial charge in [-0.25, -0.2) is 4.98 Å². The average Bonchev–Trinajstić information content (AvgIpc) is 3.32. The second-order valence-corrected chi connectivity index (χ2v) is 9.75. The molecule has 5 heteroatoms. The Balaban J connectivity index is 1.86. The van der Waals surface area contributed by atoms with Crippen LogP contribution < -0.4 is 0 Å². The first kappa shape index (κ1) is 19.9. The molecule has 0 fully saturated rings. The van der Waals surface area contributed by atoms with Gasteiger partial charge in [-0.3, -0.25) is 4.79 Å². The number of hydrogen-bond acceptors (Lipinski definition) is 4. The highest BCUT2D eigenvalue weighted by atomic mass is 32.2. The fraction of sp³-hybridized carbons (Fsp3) is 0.364. The molecule has 0 N–H and O–H groups in total. The van der Waals surface area contributed by atoms with E-state index >= 15 is 0 Å². The minimum atomic E-state index is 0.0486. The van der Waals surface area contributed by atoms with Crippen molar-refractivity contribution in [1.82, 2.24) is 9.55 Å². The number of thioether (sulfide) groups is 1. The third kappa shape index (κ3) is 4.90. The lowest BCUT2D eigenvalue weighted by atomic mass is 9.86. The lowest BCUT2D eigenvalue weighted by molar-refractivity contribution is 0.109. The van der Waals surface area contributed by atoms with Crippen LogP contribution in [0.1, 0.15) is 59.3 Å². The summed E-state index contributed by atoms with van der Waals surface area (Å²) in [7, 11) is 0. The number of nitrogens with zero attached hydrogens (tertiary/aromatic N) is 2. The van der Waals surface area contributed by atoms with Crippen LogP contribution >= 0.6 is 23.1 Å². The fourth-order valence-electron chi connectivity index (χ4n) is 2.97. The van der Waals surface area contributed by atoms with Crippen LogP contribution in [0.2, 0.25) is 0 Å². The molecule has 0 radical (unpaired) electrons. The zero-order valence-corrected chi connectivity index (χ0v) is 17.9. The van der Waals surface area contributed by atoms with E-state index in [1.807, 2.05) is 22.5 Å². The molecule has 0 aliphatic carbocycles. The first-order chi connectivity index (χ1) is 12.9. The molecule has 3 aromatic rings. The Hall–Kier alpha value is -1.85. The molecule has 0 bridgehead atoms. The summed E-state index contributed by atoms with van der Waals surface area (Å²) in [4.78, 5) is 18.0. The average molecular weight is 399 g/mol. The lowest BCUT2D eigenvalue weighted by Crippen LogP contribution is -2.12. The molecule has 2 heterocycles. The Labute approximate surface area is 169 Å². The standard InChI is InChI=1S/C22H26N2OS2/c1-5-16-10-13-26-20(16)21(25)27-19(14-24-12-11-23-15-24)17-6-8-18(9-7-17)22(2,3)4/h6-13,15,19H,5,14H2,1-4H3. The molecular formula is C22H26N2OS2. The second-order valence-electron chi connectivity index (χ2n) is 7.65. The molecule has 2 aromatic heterocycles. The molecule has 0 aliphatic heterocycles. The predicted octanol–water partition coefficient (Wildman–Crippen LogP) is 6.12. The maximum Gasteiger partial charge on any atom is 0.230 e. The van der Waals surface area contributed by atoms with Gasteiger partial charge in [0.05, 0.1) is 16.5 Å². The summed E-state index contributed by atoms with van der Waals surface area (Å²) in [6.07, 6.45) is 6.42. The van der Waals surface area contributed by atoms with E-state index in [0.717, 1.165) is 23.4 Å². The number of benzene rings is 1. The van der Waals surface area contributed by atoms with Crippen molar-refractivity contribution in [2.45, 2.75) is 51.3 Å². The number of hydrogen-bond donors (Lipinski definition) is 0. The van der Waals surface area contributed by atoms with E-state index in [4.69, 9.17) is 0 Å². The van der Waals surface area contributed by atoms with Crippen molar-refractivity contribution in [2.75, 3.05) is 0 Å². The highest BCUT2D eigenvalue weighted by molar-refractivity contribution is 8.14. The van der Waals surface area contributed by atoms with E-state index in [0.29, 0.717) is 0 Å². The molecule has 0 saturated heterocycles. The number of aryl methyl sites for hydroxylation is 1. The smallest absolute Gasteiger partial charge is 0.230 e. The van der Waals surface area contributed by atoms with Crippen molar-refractivity contribution >= 4 is 28.2 Å². The zero-order chi connectivity index (χ0) is 19.4. The normalized spacial score (nSPS) is 12.9. The molecule has 3 rings (SSSR count). The van der Waals surface area contributed by atoms with Crippen LogP contribution in [-0.4, -0.2) is 14.7 Å². The summed E-state index contributed by atoms with van der Waals surface area (Å²) in [6, 6.07) is 10.8. The highest BCUT2D eigenvalue weighted by Crippen LogP contribution is 2.36. The van der Waals surface area contributed by atoms with Gasteiger partial charge < -0.3 is 4.57 Å². The summed E-state index contributed by atoms with van der Waals surface area (Å²) < 4.78 is 2.04. The molecule has 0 spiro atoms. The van der Waals surface area contributed by atoms with Gasteiger partial charge in [-0.05, 0) is 40.0 Å². The van der Waals surface area contributed by atoms with Gasteiger partial charge >= 0.3 is 0 Å². The van der Waals surface area contributed by atoms with Gasteiger partial charge in [-0.2, -0.15) is 0 Å². The summed E-state index contributed by atoms with van der Waals surface area (Å²) in [6.45, 7) is 9.46. The van der Waals surface area contributed by atoms with Crippen molar-refractivity contribution in [3.8, 4) is 0 Å². The topological polar surface area (TPSA) is 34.9 Å². The molecule has 142 valence electrons. The van der Waals surface area contributed by atoms with Gasteiger partial charge in [-0.1, -0.05) is 63.7 Å². The van der Waals surface area contributed by atoms with E-state index < -0.39 is 0 Å². The van der Waals surface area contributed by atoms with Crippen LogP contribution in [0.3, 0.4) is 0 Å². The minimum absolute atomic E-state index is 0.0486. The second kappa shape index (κ2) is 8.44. The number of thiophene rings is 1. The van der Waals surface area contributed by atoms with Gasteiger partial charge in [-0.15, -0.1) is 11.3 Å². The molecule has 0 saturated carbocycles. The molecule has 3 nitrogen and oxygen atoms in total.